The van der Waals surface area contributed by atoms with Crippen LogP contribution in [0.25, 0.3) is 0 Å². The maximum atomic E-state index is 12.7. The highest BCUT2D eigenvalue weighted by Gasteiger charge is 2.63. The molecule has 2 aliphatic heterocycles. The van der Waals surface area contributed by atoms with Gasteiger partial charge in [0, 0.05) is 6.20 Å². The Morgan fingerprint density at radius 1 is 0.952 bits per heavy atom. The van der Waals surface area contributed by atoms with Gasteiger partial charge in [0.1, 0.15) is 34.9 Å². The first-order valence-electron chi connectivity index (χ1n) is 13.3. The predicted molar refractivity (Wildman–Crippen MR) is 161 cm³/mol. The molecule has 0 amide bonds. The second-order valence-electron chi connectivity index (χ2n) is 10.2. The number of hydrogen-bond donors (Lipinski definition) is 2. The maximum absolute atomic E-state index is 12.7. The van der Waals surface area contributed by atoms with Crippen molar-refractivity contribution in [1.82, 2.24) is 9.55 Å². The molecule has 10 nitrogen and oxygen atoms in total. The zero-order chi connectivity index (χ0) is 29.5. The second-order valence-corrected chi connectivity index (χ2v) is 11.4. The summed E-state index contributed by atoms with van der Waals surface area (Å²) in [5, 5.41) is 11.4. The average molecular weight is 684 g/mol. The van der Waals surface area contributed by atoms with Crippen LogP contribution in [0.15, 0.2) is 94.6 Å². The van der Waals surface area contributed by atoms with E-state index < -0.39 is 40.9 Å². The normalized spacial score (nSPS) is 23.2. The fraction of sp³-hybridized carbons (Fsp3) is 0.290. The summed E-state index contributed by atoms with van der Waals surface area (Å²) < 4.78 is 31.7. The highest BCUT2D eigenvalue weighted by molar-refractivity contribution is 14.1. The quantitative estimate of drug-likeness (QED) is 0.204. The molecule has 4 aromatic rings. The highest BCUT2D eigenvalue weighted by atomic mass is 127. The summed E-state index contributed by atoms with van der Waals surface area (Å²) in [4.78, 5) is 26.9. The van der Waals surface area contributed by atoms with Gasteiger partial charge in [-0.3, -0.25) is 14.3 Å². The summed E-state index contributed by atoms with van der Waals surface area (Å²) in [6, 6.07) is 25.0. The third kappa shape index (κ3) is 4.74. The Bertz CT molecular complexity index is 1630. The Balaban J connectivity index is 1.44. The number of rotatable bonds is 9. The number of aliphatic hydroxyl groups is 1. The van der Waals surface area contributed by atoms with Gasteiger partial charge in [-0.05, 0) is 63.5 Å². The molecule has 6 rings (SSSR count). The standard InChI is InChI=1S/C31H29IN2O8/c1-38-22-12-8-20(9-13-22)31(19-6-4-3-5-7-19,21-10-14-23(39-2)15-11-21)41-18-30-17-40-25(26(30)35)28(42-30)34-16-24(32)27(36)33-29(34)37/h3-16,25-26,28,35H,17-18H2,1-2H3,(H,33,36,37)/t25-,26+,28-,30-/m1/s1. The molecule has 3 heterocycles. The van der Waals surface area contributed by atoms with Crippen LogP contribution in [0.4, 0.5) is 0 Å². The van der Waals surface area contributed by atoms with E-state index in [2.05, 4.69) is 4.98 Å². The van der Waals surface area contributed by atoms with Gasteiger partial charge >= 0.3 is 5.69 Å². The van der Waals surface area contributed by atoms with E-state index in [1.807, 2.05) is 101 Å². The smallest absolute Gasteiger partial charge is 0.330 e. The molecule has 4 atom stereocenters. The van der Waals surface area contributed by atoms with Gasteiger partial charge in [0.2, 0.25) is 0 Å². The van der Waals surface area contributed by atoms with Crippen LogP contribution in [0.1, 0.15) is 22.9 Å². The molecule has 2 bridgehead atoms. The number of ether oxygens (including phenoxy) is 5. The maximum Gasteiger partial charge on any atom is 0.330 e. The lowest BCUT2D eigenvalue weighted by Gasteiger charge is -2.39. The largest absolute Gasteiger partial charge is 0.497 e. The minimum Gasteiger partial charge on any atom is -0.497 e. The number of methoxy groups -OCH3 is 2. The third-order valence-corrected chi connectivity index (χ3v) is 8.68. The van der Waals surface area contributed by atoms with Crippen LogP contribution in [-0.2, 0) is 19.8 Å². The first-order valence-corrected chi connectivity index (χ1v) is 14.4. The molecule has 2 saturated heterocycles. The summed E-state index contributed by atoms with van der Waals surface area (Å²) in [6.07, 6.45) is -1.48. The average Bonchev–Trinajstić information content (AvgIpc) is 3.49. The summed E-state index contributed by atoms with van der Waals surface area (Å²) in [6.45, 7) is -0.0239. The summed E-state index contributed by atoms with van der Waals surface area (Å²) in [7, 11) is 3.22. The number of H-pyrrole nitrogens is 1. The lowest BCUT2D eigenvalue weighted by molar-refractivity contribution is -0.204. The molecule has 0 radical (unpaired) electrons. The number of aromatic amines is 1. The Labute approximate surface area is 254 Å². The minimum absolute atomic E-state index is 0.0562. The van der Waals surface area contributed by atoms with E-state index in [0.29, 0.717) is 15.1 Å². The van der Waals surface area contributed by atoms with Crippen molar-refractivity contribution in [1.29, 1.82) is 0 Å². The number of aromatic nitrogens is 2. The number of benzene rings is 3. The molecule has 1 aromatic heterocycles. The molecule has 42 heavy (non-hydrogen) atoms. The van der Waals surface area contributed by atoms with Gasteiger partial charge in [-0.15, -0.1) is 0 Å². The lowest BCUT2D eigenvalue weighted by atomic mass is 9.79. The predicted octanol–water partition coefficient (Wildman–Crippen LogP) is 3.19. The minimum atomic E-state index is -1.28. The Hall–Kier alpha value is -3.49. The van der Waals surface area contributed by atoms with Crippen molar-refractivity contribution < 1.29 is 28.8 Å². The van der Waals surface area contributed by atoms with Crippen molar-refractivity contribution in [3.63, 3.8) is 0 Å². The molecule has 0 spiro atoms. The first-order chi connectivity index (χ1) is 20.3. The monoisotopic (exact) mass is 684 g/mol. The third-order valence-electron chi connectivity index (χ3n) is 7.91. The number of nitrogens with one attached hydrogen (secondary N) is 1. The van der Waals surface area contributed by atoms with Crippen molar-refractivity contribution in [2.75, 3.05) is 27.4 Å². The SMILES string of the molecule is COc1ccc(C(OC[C@@]23CO[C@@H]([C@H](n4cc(I)c(=O)[nH]c4=O)O2)[C@@H]3O)(c2ccccc2)c2ccc(OC)cc2)cc1. The fourth-order valence-corrected chi connectivity index (χ4v) is 6.13. The van der Waals surface area contributed by atoms with E-state index in [1.165, 1.54) is 10.8 Å². The topological polar surface area (TPSA) is 121 Å². The van der Waals surface area contributed by atoms with Crippen LogP contribution in [0.3, 0.4) is 0 Å². The van der Waals surface area contributed by atoms with Crippen LogP contribution < -0.4 is 20.7 Å². The molecule has 0 unspecified atom stereocenters. The van der Waals surface area contributed by atoms with Gasteiger partial charge in [0.25, 0.3) is 5.56 Å². The van der Waals surface area contributed by atoms with Crippen LogP contribution >= 0.6 is 22.6 Å². The molecular weight excluding hydrogens is 655 g/mol. The zero-order valence-corrected chi connectivity index (χ0v) is 25.0. The van der Waals surface area contributed by atoms with E-state index >= 15 is 0 Å². The lowest BCUT2D eigenvalue weighted by Crippen LogP contribution is -2.48. The summed E-state index contributed by atoms with van der Waals surface area (Å²) >= 11 is 1.84. The molecule has 0 aliphatic carbocycles. The van der Waals surface area contributed by atoms with Crippen molar-refractivity contribution in [3.05, 3.63) is 126 Å². The van der Waals surface area contributed by atoms with Gasteiger partial charge in [-0.1, -0.05) is 54.6 Å². The summed E-state index contributed by atoms with van der Waals surface area (Å²) in [5.41, 5.74) is -1.08. The number of halogens is 1. The number of hydrogen-bond acceptors (Lipinski definition) is 8. The van der Waals surface area contributed by atoms with Crippen LogP contribution in [0.2, 0.25) is 0 Å². The molecule has 11 heteroatoms. The van der Waals surface area contributed by atoms with Gasteiger partial charge in [0.15, 0.2) is 6.23 Å². The molecule has 3 aromatic carbocycles. The van der Waals surface area contributed by atoms with E-state index in [4.69, 9.17) is 23.7 Å². The molecule has 2 fully saturated rings. The van der Waals surface area contributed by atoms with Gasteiger partial charge < -0.3 is 28.8 Å². The van der Waals surface area contributed by atoms with Crippen molar-refractivity contribution >= 4 is 22.6 Å². The van der Waals surface area contributed by atoms with Crippen LogP contribution in [0, 0.1) is 3.57 Å². The van der Waals surface area contributed by atoms with Gasteiger partial charge in [0.05, 0.1) is 31.0 Å². The number of fused-ring (bicyclic) bond motifs is 2. The molecular formula is C31H29IN2O8. The van der Waals surface area contributed by atoms with E-state index in [0.717, 1.165) is 16.7 Å². The first kappa shape index (κ1) is 28.6. The van der Waals surface area contributed by atoms with Crippen molar-refractivity contribution in [2.45, 2.75) is 29.6 Å². The Kier molecular flexibility index (Phi) is 7.70. The molecule has 0 saturated carbocycles. The van der Waals surface area contributed by atoms with Crippen LogP contribution in [0.5, 0.6) is 11.5 Å². The highest BCUT2D eigenvalue weighted by Crippen LogP contribution is 2.48. The van der Waals surface area contributed by atoms with E-state index in [1.54, 1.807) is 14.2 Å². The Morgan fingerprint density at radius 3 is 2.10 bits per heavy atom. The molecule has 2 N–H and O–H groups in total. The van der Waals surface area contributed by atoms with Gasteiger partial charge in [-0.25, -0.2) is 4.79 Å². The zero-order valence-electron chi connectivity index (χ0n) is 22.9. The second kappa shape index (κ2) is 11.3. The van der Waals surface area contributed by atoms with Gasteiger partial charge in [-0.2, -0.15) is 0 Å². The Morgan fingerprint density at radius 2 is 1.52 bits per heavy atom. The summed E-state index contributed by atoms with van der Waals surface area (Å²) in [5.74, 6) is 1.39. The van der Waals surface area contributed by atoms with E-state index in [9.17, 15) is 14.7 Å². The van der Waals surface area contributed by atoms with Crippen molar-refractivity contribution in [3.8, 4) is 11.5 Å². The van der Waals surface area contributed by atoms with Crippen molar-refractivity contribution in [2.24, 2.45) is 0 Å². The number of nitrogens with zero attached hydrogens (tertiary/aromatic N) is 1. The molecule has 2 aliphatic rings. The number of aliphatic hydroxyl groups excluding tert-OH is 1. The van der Waals surface area contributed by atoms with E-state index in [-0.39, 0.29) is 13.2 Å². The molecule has 218 valence electrons. The fourth-order valence-electron chi connectivity index (χ4n) is 5.69. The van der Waals surface area contributed by atoms with Crippen LogP contribution in [-0.4, -0.2) is 59.9 Å².